The normalized spacial score (nSPS) is 38.2. The van der Waals surface area contributed by atoms with Gasteiger partial charge in [0, 0.05) is 12.1 Å². The van der Waals surface area contributed by atoms with Crippen LogP contribution >= 0.6 is 0 Å². The number of aliphatic hydroxyl groups is 1. The molecular formula is C16H22FNO. The molecule has 2 atom stereocenters. The molecule has 0 saturated heterocycles. The van der Waals surface area contributed by atoms with Gasteiger partial charge in [-0.1, -0.05) is 19.1 Å². The second-order valence-corrected chi connectivity index (χ2v) is 6.50. The molecule has 0 aromatic heterocycles. The average Bonchev–Trinajstić information content (AvgIpc) is 2.73. The Morgan fingerprint density at radius 3 is 2.42 bits per heavy atom. The topological polar surface area (TPSA) is 32.3 Å². The number of rotatable bonds is 3. The molecule has 0 bridgehead atoms. The molecule has 0 unspecified atom stereocenters. The number of benzene rings is 1. The molecule has 104 valence electrons. The Hall–Kier alpha value is -0.930. The lowest BCUT2D eigenvalue weighted by molar-refractivity contribution is 0.159. The Bertz CT molecular complexity index is 439. The number of halogens is 1. The maximum atomic E-state index is 12.9. The van der Waals surface area contributed by atoms with Crippen LogP contribution in [0.2, 0.25) is 0 Å². The molecule has 1 aromatic carbocycles. The van der Waals surface area contributed by atoms with Crippen LogP contribution in [-0.2, 0) is 5.41 Å². The quantitative estimate of drug-likeness (QED) is 0.879. The van der Waals surface area contributed by atoms with Crippen molar-refractivity contribution in [2.45, 2.75) is 62.6 Å². The van der Waals surface area contributed by atoms with Gasteiger partial charge in [-0.15, -0.1) is 0 Å². The van der Waals surface area contributed by atoms with Gasteiger partial charge in [-0.05, 0) is 55.2 Å². The number of hydrogen-bond acceptors (Lipinski definition) is 2. The lowest BCUT2D eigenvalue weighted by atomic mass is 9.63. The number of aliphatic hydroxyl groups excluding tert-OH is 1. The molecule has 0 amide bonds. The zero-order chi connectivity index (χ0) is 13.5. The van der Waals surface area contributed by atoms with E-state index in [1.165, 1.54) is 5.56 Å². The van der Waals surface area contributed by atoms with Crippen LogP contribution in [0.3, 0.4) is 0 Å². The van der Waals surface area contributed by atoms with E-state index < -0.39 is 0 Å². The molecule has 1 aromatic rings. The van der Waals surface area contributed by atoms with Gasteiger partial charge in [-0.3, -0.25) is 0 Å². The summed E-state index contributed by atoms with van der Waals surface area (Å²) in [6.07, 6.45) is 5.01. The van der Waals surface area contributed by atoms with Crippen molar-refractivity contribution >= 4 is 0 Å². The highest BCUT2D eigenvalue weighted by Crippen LogP contribution is 2.44. The Morgan fingerprint density at radius 1 is 1.16 bits per heavy atom. The van der Waals surface area contributed by atoms with Gasteiger partial charge in [0.1, 0.15) is 5.82 Å². The van der Waals surface area contributed by atoms with Gasteiger partial charge in [0.15, 0.2) is 0 Å². The van der Waals surface area contributed by atoms with Crippen molar-refractivity contribution in [1.29, 1.82) is 0 Å². The first-order chi connectivity index (χ1) is 9.05. The molecule has 0 aliphatic heterocycles. The summed E-state index contributed by atoms with van der Waals surface area (Å²) in [4.78, 5) is 0. The second-order valence-electron chi connectivity index (χ2n) is 6.50. The van der Waals surface area contributed by atoms with Gasteiger partial charge in [0.05, 0.1) is 6.10 Å². The fourth-order valence-corrected chi connectivity index (χ4v) is 3.68. The van der Waals surface area contributed by atoms with E-state index in [4.69, 9.17) is 0 Å². The summed E-state index contributed by atoms with van der Waals surface area (Å²) >= 11 is 0. The maximum absolute atomic E-state index is 12.9. The molecule has 19 heavy (non-hydrogen) atoms. The van der Waals surface area contributed by atoms with E-state index >= 15 is 0 Å². The van der Waals surface area contributed by atoms with Crippen LogP contribution in [0.15, 0.2) is 24.3 Å². The van der Waals surface area contributed by atoms with Crippen LogP contribution in [-0.4, -0.2) is 23.3 Å². The third-order valence-electron chi connectivity index (χ3n) is 4.81. The number of hydrogen-bond donors (Lipinski definition) is 2. The van der Waals surface area contributed by atoms with Crippen LogP contribution in [0.1, 0.15) is 44.6 Å². The zero-order valence-electron chi connectivity index (χ0n) is 11.4. The smallest absolute Gasteiger partial charge is 0.123 e. The van der Waals surface area contributed by atoms with Crippen molar-refractivity contribution in [1.82, 2.24) is 5.32 Å². The summed E-state index contributed by atoms with van der Waals surface area (Å²) < 4.78 is 12.9. The van der Waals surface area contributed by atoms with Gasteiger partial charge in [0.25, 0.3) is 0 Å². The largest absolute Gasteiger partial charge is 0.393 e. The molecule has 0 spiro atoms. The van der Waals surface area contributed by atoms with E-state index in [1.807, 2.05) is 12.1 Å². The van der Waals surface area contributed by atoms with Crippen LogP contribution in [0.5, 0.6) is 0 Å². The van der Waals surface area contributed by atoms with E-state index in [-0.39, 0.29) is 17.3 Å². The van der Waals surface area contributed by atoms with Crippen molar-refractivity contribution in [2.75, 3.05) is 0 Å². The molecule has 2 nitrogen and oxygen atoms in total. The first kappa shape index (κ1) is 13.1. The Morgan fingerprint density at radius 2 is 1.84 bits per heavy atom. The van der Waals surface area contributed by atoms with Crippen molar-refractivity contribution in [2.24, 2.45) is 0 Å². The third kappa shape index (κ3) is 2.67. The minimum absolute atomic E-state index is 0.110. The first-order valence-electron chi connectivity index (χ1n) is 7.25. The van der Waals surface area contributed by atoms with Crippen molar-refractivity contribution in [3.63, 3.8) is 0 Å². The molecule has 0 heterocycles. The van der Waals surface area contributed by atoms with Crippen LogP contribution in [0, 0.1) is 5.82 Å². The molecule has 3 heteroatoms. The van der Waals surface area contributed by atoms with Crippen LogP contribution < -0.4 is 5.32 Å². The van der Waals surface area contributed by atoms with Crippen molar-refractivity contribution in [3.05, 3.63) is 35.6 Å². The monoisotopic (exact) mass is 263 g/mol. The lowest BCUT2D eigenvalue weighted by Crippen LogP contribution is -2.52. The zero-order valence-corrected chi connectivity index (χ0v) is 11.4. The van der Waals surface area contributed by atoms with E-state index in [1.54, 1.807) is 12.1 Å². The van der Waals surface area contributed by atoms with Crippen molar-refractivity contribution < 1.29 is 9.50 Å². The Kier molecular flexibility index (Phi) is 3.35. The van der Waals surface area contributed by atoms with Gasteiger partial charge in [-0.2, -0.15) is 0 Å². The molecule has 2 fully saturated rings. The van der Waals surface area contributed by atoms with Gasteiger partial charge >= 0.3 is 0 Å². The summed E-state index contributed by atoms with van der Waals surface area (Å²) in [7, 11) is 0. The SMILES string of the molecule is CC1(c2ccc(F)cc2)CC(N[C@H]2CC[C@@H](O)C2)C1. The Labute approximate surface area is 114 Å². The fraction of sp³-hybridized carbons (Fsp3) is 0.625. The van der Waals surface area contributed by atoms with E-state index in [2.05, 4.69) is 12.2 Å². The Balaban J connectivity index is 1.55. The molecule has 2 N–H and O–H groups in total. The van der Waals surface area contributed by atoms with E-state index in [0.717, 1.165) is 32.1 Å². The standard InChI is InChI=1S/C16H22FNO/c1-16(11-2-4-12(17)5-3-11)9-14(10-16)18-13-6-7-15(19)8-13/h2-5,13-15,18-19H,6-10H2,1H3/t13-,14?,15+,16?/m0/s1. The van der Waals surface area contributed by atoms with Crippen molar-refractivity contribution in [3.8, 4) is 0 Å². The molecular weight excluding hydrogens is 241 g/mol. The minimum Gasteiger partial charge on any atom is -0.393 e. The number of nitrogens with one attached hydrogen (secondary N) is 1. The molecule has 2 aliphatic carbocycles. The van der Waals surface area contributed by atoms with Crippen LogP contribution in [0.25, 0.3) is 0 Å². The molecule has 0 radical (unpaired) electrons. The predicted octanol–water partition coefficient (Wildman–Crippen LogP) is 2.75. The van der Waals surface area contributed by atoms with Crippen LogP contribution in [0.4, 0.5) is 4.39 Å². The fourth-order valence-electron chi connectivity index (χ4n) is 3.68. The predicted molar refractivity (Wildman–Crippen MR) is 73.6 cm³/mol. The minimum atomic E-state index is -0.165. The van der Waals surface area contributed by atoms with Gasteiger partial charge in [0.2, 0.25) is 0 Å². The van der Waals surface area contributed by atoms with E-state index in [0.29, 0.717) is 12.1 Å². The summed E-state index contributed by atoms with van der Waals surface area (Å²) in [5.41, 5.74) is 1.42. The maximum Gasteiger partial charge on any atom is 0.123 e. The molecule has 2 saturated carbocycles. The highest BCUT2D eigenvalue weighted by molar-refractivity contribution is 5.29. The molecule has 3 rings (SSSR count). The van der Waals surface area contributed by atoms with E-state index in [9.17, 15) is 9.50 Å². The average molecular weight is 263 g/mol. The van der Waals surface area contributed by atoms with Gasteiger partial charge < -0.3 is 10.4 Å². The first-order valence-corrected chi connectivity index (χ1v) is 7.25. The molecule has 2 aliphatic rings. The summed E-state index contributed by atoms with van der Waals surface area (Å²) in [6.45, 7) is 2.25. The summed E-state index contributed by atoms with van der Waals surface area (Å²) in [6, 6.07) is 7.95. The van der Waals surface area contributed by atoms with Gasteiger partial charge in [-0.25, -0.2) is 4.39 Å². The lowest BCUT2D eigenvalue weighted by Gasteiger charge is -2.47. The summed E-state index contributed by atoms with van der Waals surface area (Å²) in [5.74, 6) is -0.165. The summed E-state index contributed by atoms with van der Waals surface area (Å²) in [5, 5.41) is 13.2. The third-order valence-corrected chi connectivity index (χ3v) is 4.81. The highest BCUT2D eigenvalue weighted by Gasteiger charge is 2.42. The second kappa shape index (κ2) is 4.88. The highest BCUT2D eigenvalue weighted by atomic mass is 19.1.